The van der Waals surface area contributed by atoms with E-state index in [-0.39, 0.29) is 10.6 Å². The zero-order valence-corrected chi connectivity index (χ0v) is 19.0. The third-order valence-corrected chi connectivity index (χ3v) is 6.91. The Hall–Kier alpha value is -4.04. The monoisotopic (exact) mass is 475 g/mol. The number of nitrogens with one attached hydrogen (secondary N) is 1. The van der Waals surface area contributed by atoms with Crippen molar-refractivity contribution >= 4 is 27.3 Å². The lowest BCUT2D eigenvalue weighted by atomic mass is 10.1. The van der Waals surface area contributed by atoms with Crippen molar-refractivity contribution in [1.29, 1.82) is 0 Å². The molecule has 1 heterocycles. The first-order valence-corrected chi connectivity index (χ1v) is 12.0. The van der Waals surface area contributed by atoms with Crippen LogP contribution in [-0.4, -0.2) is 25.9 Å². The molecule has 0 aliphatic rings. The van der Waals surface area contributed by atoms with Gasteiger partial charge in [-0.15, -0.1) is 0 Å². The van der Waals surface area contributed by atoms with Crippen LogP contribution in [0.3, 0.4) is 0 Å². The number of hydrogen-bond donors (Lipinski definition) is 1. The number of para-hydroxylation sites is 1. The smallest absolute Gasteiger partial charge is 0.264 e. The van der Waals surface area contributed by atoms with Gasteiger partial charge in [-0.1, -0.05) is 42.5 Å². The molecule has 1 N–H and O–H groups in total. The molecule has 0 unspecified atom stereocenters. The fraction of sp³-hybridized carbons (Fsp3) is 0.0769. The predicted molar refractivity (Wildman–Crippen MR) is 129 cm³/mol. The van der Waals surface area contributed by atoms with E-state index in [1.807, 2.05) is 24.3 Å². The number of halogens is 1. The molecule has 0 saturated heterocycles. The SMILES string of the molecule is O=C(CN(c1ccccc1F)S(=O)(=O)c1ccccc1)Nc1ccc(Cc2ccncc2)cc1. The molecule has 0 radical (unpaired) electrons. The van der Waals surface area contributed by atoms with Gasteiger partial charge in [-0.2, -0.15) is 0 Å². The molecule has 8 heteroatoms. The van der Waals surface area contributed by atoms with E-state index in [0.717, 1.165) is 21.5 Å². The topological polar surface area (TPSA) is 79.4 Å². The third kappa shape index (κ3) is 5.47. The maximum absolute atomic E-state index is 14.5. The average molecular weight is 476 g/mol. The van der Waals surface area contributed by atoms with Gasteiger partial charge in [-0.3, -0.25) is 14.1 Å². The van der Waals surface area contributed by atoms with Crippen molar-refractivity contribution in [2.24, 2.45) is 0 Å². The first-order chi connectivity index (χ1) is 16.4. The van der Waals surface area contributed by atoms with Gasteiger partial charge in [-0.25, -0.2) is 12.8 Å². The Morgan fingerprint density at radius 3 is 2.12 bits per heavy atom. The van der Waals surface area contributed by atoms with E-state index in [2.05, 4.69) is 10.3 Å². The van der Waals surface area contributed by atoms with Crippen molar-refractivity contribution in [2.45, 2.75) is 11.3 Å². The Balaban J connectivity index is 1.53. The van der Waals surface area contributed by atoms with E-state index in [1.54, 1.807) is 42.7 Å². The quantitative estimate of drug-likeness (QED) is 0.403. The van der Waals surface area contributed by atoms with Crippen LogP contribution < -0.4 is 9.62 Å². The minimum absolute atomic E-state index is 0.0356. The van der Waals surface area contributed by atoms with Crippen molar-refractivity contribution in [3.63, 3.8) is 0 Å². The van der Waals surface area contributed by atoms with Crippen LogP contribution >= 0.6 is 0 Å². The van der Waals surface area contributed by atoms with E-state index in [4.69, 9.17) is 0 Å². The summed E-state index contributed by atoms with van der Waals surface area (Å²) in [6.07, 6.45) is 4.18. The van der Waals surface area contributed by atoms with E-state index in [1.165, 1.54) is 30.3 Å². The maximum Gasteiger partial charge on any atom is 0.264 e. The summed E-state index contributed by atoms with van der Waals surface area (Å²) >= 11 is 0. The van der Waals surface area contributed by atoms with Gasteiger partial charge < -0.3 is 5.32 Å². The number of rotatable bonds is 8. The number of hydrogen-bond acceptors (Lipinski definition) is 4. The molecule has 1 amide bonds. The average Bonchev–Trinajstić information content (AvgIpc) is 2.85. The molecular weight excluding hydrogens is 453 g/mol. The minimum Gasteiger partial charge on any atom is -0.325 e. The van der Waals surface area contributed by atoms with Crippen molar-refractivity contribution in [2.75, 3.05) is 16.2 Å². The Morgan fingerprint density at radius 2 is 1.44 bits per heavy atom. The molecule has 3 aromatic carbocycles. The predicted octanol–water partition coefficient (Wildman–Crippen LogP) is 4.65. The summed E-state index contributed by atoms with van der Waals surface area (Å²) in [6.45, 7) is -0.586. The van der Waals surface area contributed by atoms with E-state index < -0.39 is 28.3 Å². The van der Waals surface area contributed by atoms with Crippen LogP contribution in [0.1, 0.15) is 11.1 Å². The number of sulfonamides is 1. The molecule has 1 aromatic heterocycles. The molecule has 172 valence electrons. The molecule has 0 aliphatic heterocycles. The van der Waals surface area contributed by atoms with Gasteiger partial charge in [-0.05, 0) is 66.1 Å². The summed E-state index contributed by atoms with van der Waals surface area (Å²) < 4.78 is 41.9. The summed E-state index contributed by atoms with van der Waals surface area (Å²) in [6, 6.07) is 24.2. The number of nitrogens with zero attached hydrogens (tertiary/aromatic N) is 2. The molecule has 0 spiro atoms. The molecule has 6 nitrogen and oxygen atoms in total. The normalized spacial score (nSPS) is 11.1. The number of pyridine rings is 1. The second-order valence-corrected chi connectivity index (χ2v) is 9.42. The molecule has 0 aliphatic carbocycles. The first-order valence-electron chi connectivity index (χ1n) is 10.5. The zero-order chi connectivity index (χ0) is 24.0. The van der Waals surface area contributed by atoms with Gasteiger partial charge in [0.2, 0.25) is 5.91 Å². The Bertz CT molecular complexity index is 1360. The van der Waals surface area contributed by atoms with Crippen molar-refractivity contribution in [3.05, 3.63) is 120 Å². The molecule has 0 atom stereocenters. The van der Waals surface area contributed by atoms with Crippen LogP contribution in [0.2, 0.25) is 0 Å². The van der Waals surface area contributed by atoms with Crippen molar-refractivity contribution in [3.8, 4) is 0 Å². The van der Waals surface area contributed by atoms with Gasteiger partial charge in [0.25, 0.3) is 10.0 Å². The highest BCUT2D eigenvalue weighted by Crippen LogP contribution is 2.26. The zero-order valence-electron chi connectivity index (χ0n) is 18.1. The fourth-order valence-corrected chi connectivity index (χ4v) is 4.90. The molecule has 0 saturated carbocycles. The van der Waals surface area contributed by atoms with Crippen LogP contribution in [0.15, 0.2) is 108 Å². The van der Waals surface area contributed by atoms with Crippen LogP contribution in [0, 0.1) is 5.82 Å². The minimum atomic E-state index is -4.18. The molecular formula is C26H22FN3O3S. The van der Waals surface area contributed by atoms with Crippen molar-refractivity contribution < 1.29 is 17.6 Å². The highest BCUT2D eigenvalue weighted by molar-refractivity contribution is 7.92. The summed E-state index contributed by atoms with van der Waals surface area (Å²) in [4.78, 5) is 16.8. The number of amides is 1. The summed E-state index contributed by atoms with van der Waals surface area (Å²) in [5.74, 6) is -1.33. The Morgan fingerprint density at radius 1 is 0.824 bits per heavy atom. The molecule has 0 fully saturated rings. The number of carbonyl (C=O) groups excluding carboxylic acids is 1. The molecule has 4 aromatic rings. The van der Waals surface area contributed by atoms with E-state index in [9.17, 15) is 17.6 Å². The molecule has 0 bridgehead atoms. The standard InChI is InChI=1S/C26H22FN3O3S/c27-24-8-4-5-9-25(24)30(34(32,33)23-6-2-1-3-7-23)19-26(31)29-22-12-10-20(11-13-22)18-21-14-16-28-17-15-21/h1-17H,18-19H2,(H,29,31). The van der Waals surface area contributed by atoms with E-state index in [0.29, 0.717) is 12.1 Å². The van der Waals surface area contributed by atoms with Crippen molar-refractivity contribution in [1.82, 2.24) is 4.98 Å². The van der Waals surface area contributed by atoms with Crippen LogP contribution in [0.5, 0.6) is 0 Å². The summed E-state index contributed by atoms with van der Waals surface area (Å²) in [5.41, 5.74) is 2.46. The van der Waals surface area contributed by atoms with Gasteiger partial charge in [0.05, 0.1) is 10.6 Å². The van der Waals surface area contributed by atoms with E-state index >= 15 is 0 Å². The van der Waals surface area contributed by atoms with Gasteiger partial charge in [0, 0.05) is 18.1 Å². The largest absolute Gasteiger partial charge is 0.325 e. The second-order valence-electron chi connectivity index (χ2n) is 7.55. The second kappa shape index (κ2) is 10.3. The maximum atomic E-state index is 14.5. The lowest BCUT2D eigenvalue weighted by Crippen LogP contribution is -2.38. The molecule has 4 rings (SSSR count). The number of aromatic nitrogens is 1. The Labute approximate surface area is 197 Å². The lowest BCUT2D eigenvalue weighted by molar-refractivity contribution is -0.114. The first kappa shape index (κ1) is 23.1. The summed E-state index contributed by atoms with van der Waals surface area (Å²) in [7, 11) is -4.18. The van der Waals surface area contributed by atoms with Crippen LogP contribution in [0.25, 0.3) is 0 Å². The third-order valence-electron chi connectivity index (χ3n) is 5.13. The highest BCUT2D eigenvalue weighted by atomic mass is 32.2. The fourth-order valence-electron chi connectivity index (χ4n) is 3.45. The Kier molecular flexibility index (Phi) is 6.98. The van der Waals surface area contributed by atoms with Gasteiger partial charge >= 0.3 is 0 Å². The highest BCUT2D eigenvalue weighted by Gasteiger charge is 2.29. The molecule has 34 heavy (non-hydrogen) atoms. The van der Waals surface area contributed by atoms with Crippen LogP contribution in [0.4, 0.5) is 15.8 Å². The number of anilines is 2. The summed E-state index contributed by atoms with van der Waals surface area (Å²) in [5, 5.41) is 2.70. The van der Waals surface area contributed by atoms with Gasteiger partial charge in [0.15, 0.2) is 0 Å². The lowest BCUT2D eigenvalue weighted by Gasteiger charge is -2.24. The number of carbonyl (C=O) groups is 1. The van der Waals surface area contributed by atoms with Crippen LogP contribution in [-0.2, 0) is 21.2 Å². The van der Waals surface area contributed by atoms with Gasteiger partial charge in [0.1, 0.15) is 12.4 Å². The number of benzene rings is 3.